The van der Waals surface area contributed by atoms with E-state index in [2.05, 4.69) is 58.4 Å². The normalized spacial score (nSPS) is 10.5. The van der Waals surface area contributed by atoms with Crippen molar-refractivity contribution < 1.29 is 9.59 Å². The van der Waals surface area contributed by atoms with E-state index in [0.717, 1.165) is 18.5 Å². The maximum absolute atomic E-state index is 12.0. The monoisotopic (exact) mass is 441 g/mol. The van der Waals surface area contributed by atoms with Crippen LogP contribution in [0.3, 0.4) is 0 Å². The summed E-state index contributed by atoms with van der Waals surface area (Å²) in [6, 6.07) is 15.0. The molecule has 0 saturated carbocycles. The molecule has 9 heteroatoms. The number of rotatable bonds is 8. The lowest BCUT2D eigenvalue weighted by atomic mass is 10.0. The Balaban J connectivity index is 1.51. The Morgan fingerprint density at radius 2 is 1.63 bits per heavy atom. The van der Waals surface area contributed by atoms with E-state index in [0.29, 0.717) is 15.0 Å². The molecule has 0 radical (unpaired) electrons. The van der Waals surface area contributed by atoms with E-state index in [1.807, 2.05) is 6.07 Å². The largest absolute Gasteiger partial charge is 0.330 e. The number of carbonyl (C=O) groups excluding carboxylic acids is 2. The molecule has 1 heterocycles. The molecule has 0 aliphatic heterocycles. The number of hydrazine groups is 1. The Morgan fingerprint density at radius 1 is 0.933 bits per heavy atom. The van der Waals surface area contributed by atoms with Gasteiger partial charge in [-0.05, 0) is 36.1 Å². The number of carbonyl (C=O) groups is 2. The SMILES string of the molecule is CCc1cccc(CC)c1Nc1nnc(SCC(=O)NNC(=O)c2ccccc2)s1. The Morgan fingerprint density at radius 3 is 2.30 bits per heavy atom. The van der Waals surface area contributed by atoms with Crippen molar-refractivity contribution in [3.8, 4) is 0 Å². The van der Waals surface area contributed by atoms with E-state index in [4.69, 9.17) is 0 Å². The predicted octanol–water partition coefficient (Wildman–Crippen LogP) is 3.96. The molecule has 0 fully saturated rings. The van der Waals surface area contributed by atoms with E-state index in [9.17, 15) is 9.59 Å². The number of thioether (sulfide) groups is 1. The molecule has 0 atom stereocenters. The topological polar surface area (TPSA) is 96.0 Å². The summed E-state index contributed by atoms with van der Waals surface area (Å²) < 4.78 is 0.675. The van der Waals surface area contributed by atoms with Crippen LogP contribution in [0.2, 0.25) is 0 Å². The van der Waals surface area contributed by atoms with Gasteiger partial charge in [0.25, 0.3) is 5.91 Å². The van der Waals surface area contributed by atoms with Crippen LogP contribution in [0.15, 0.2) is 52.9 Å². The minimum atomic E-state index is -0.363. The molecule has 7 nitrogen and oxygen atoms in total. The van der Waals surface area contributed by atoms with Gasteiger partial charge in [-0.1, -0.05) is 73.3 Å². The summed E-state index contributed by atoms with van der Waals surface area (Å²) in [5.41, 5.74) is 8.82. The Kier molecular flexibility index (Phi) is 7.81. The fourth-order valence-corrected chi connectivity index (χ4v) is 4.34. The zero-order valence-corrected chi connectivity index (χ0v) is 18.4. The fraction of sp³-hybridized carbons (Fsp3) is 0.238. The van der Waals surface area contributed by atoms with Crippen LogP contribution in [0, 0.1) is 0 Å². The average molecular weight is 442 g/mol. The predicted molar refractivity (Wildman–Crippen MR) is 121 cm³/mol. The van der Waals surface area contributed by atoms with Crippen LogP contribution in [0.1, 0.15) is 35.3 Å². The van der Waals surface area contributed by atoms with E-state index in [1.165, 1.54) is 34.2 Å². The summed E-state index contributed by atoms with van der Waals surface area (Å²) in [5.74, 6) is -0.564. The summed E-state index contributed by atoms with van der Waals surface area (Å²) in [7, 11) is 0. The number of benzene rings is 2. The molecular formula is C21H23N5O2S2. The zero-order chi connectivity index (χ0) is 21.3. The van der Waals surface area contributed by atoms with Crippen molar-refractivity contribution in [1.29, 1.82) is 0 Å². The van der Waals surface area contributed by atoms with Crippen molar-refractivity contribution in [3.63, 3.8) is 0 Å². The summed E-state index contributed by atoms with van der Waals surface area (Å²) >= 11 is 2.66. The minimum Gasteiger partial charge on any atom is -0.330 e. The molecule has 156 valence electrons. The van der Waals surface area contributed by atoms with Gasteiger partial charge in [0.15, 0.2) is 4.34 Å². The molecule has 0 aliphatic rings. The second-order valence-corrected chi connectivity index (χ2v) is 8.51. The number of anilines is 2. The molecule has 1 aromatic heterocycles. The first-order chi connectivity index (χ1) is 14.6. The third kappa shape index (κ3) is 5.80. The van der Waals surface area contributed by atoms with Crippen LogP contribution in [0.5, 0.6) is 0 Å². The standard InChI is InChI=1S/C21H23N5O2S2/c1-3-14-11-8-12-15(4-2)18(14)22-20-25-26-21(30-20)29-13-17(27)23-24-19(28)16-9-6-5-7-10-16/h5-12H,3-4,13H2,1-2H3,(H,22,25)(H,23,27)(H,24,28). The average Bonchev–Trinajstić information content (AvgIpc) is 3.24. The first kappa shape index (κ1) is 21.8. The Bertz CT molecular complexity index is 985. The Hall–Kier alpha value is -2.91. The molecule has 3 N–H and O–H groups in total. The molecule has 30 heavy (non-hydrogen) atoms. The number of amides is 2. The molecule has 3 rings (SSSR count). The van der Waals surface area contributed by atoms with Gasteiger partial charge in [-0.3, -0.25) is 20.4 Å². The molecule has 0 saturated heterocycles. The maximum atomic E-state index is 12.0. The highest BCUT2D eigenvalue weighted by Gasteiger charge is 2.12. The second kappa shape index (κ2) is 10.7. The first-order valence-corrected chi connectivity index (χ1v) is 11.4. The highest BCUT2D eigenvalue weighted by molar-refractivity contribution is 8.01. The van der Waals surface area contributed by atoms with Gasteiger partial charge in [-0.2, -0.15) is 0 Å². The fourth-order valence-electron chi connectivity index (χ4n) is 2.78. The van der Waals surface area contributed by atoms with E-state index >= 15 is 0 Å². The lowest BCUT2D eigenvalue weighted by Gasteiger charge is -2.13. The highest BCUT2D eigenvalue weighted by atomic mass is 32.2. The smallest absolute Gasteiger partial charge is 0.269 e. The van der Waals surface area contributed by atoms with Crippen LogP contribution in [-0.4, -0.2) is 27.8 Å². The van der Waals surface area contributed by atoms with Gasteiger partial charge in [0.05, 0.1) is 5.75 Å². The quantitative estimate of drug-likeness (QED) is 0.362. The summed E-state index contributed by atoms with van der Waals surface area (Å²) in [6.07, 6.45) is 1.84. The van der Waals surface area contributed by atoms with Gasteiger partial charge < -0.3 is 5.32 Å². The third-order valence-electron chi connectivity index (χ3n) is 4.32. The number of para-hydroxylation sites is 1. The lowest BCUT2D eigenvalue weighted by molar-refractivity contribution is -0.119. The van der Waals surface area contributed by atoms with Gasteiger partial charge in [-0.25, -0.2) is 0 Å². The van der Waals surface area contributed by atoms with Gasteiger partial charge >= 0.3 is 0 Å². The van der Waals surface area contributed by atoms with Gasteiger partial charge in [0.1, 0.15) is 0 Å². The van der Waals surface area contributed by atoms with Crippen LogP contribution in [-0.2, 0) is 17.6 Å². The molecule has 0 unspecified atom stereocenters. The van der Waals surface area contributed by atoms with E-state index in [-0.39, 0.29) is 17.6 Å². The van der Waals surface area contributed by atoms with Gasteiger partial charge in [-0.15, -0.1) is 10.2 Å². The molecule has 2 amide bonds. The van der Waals surface area contributed by atoms with Crippen molar-refractivity contribution in [2.24, 2.45) is 0 Å². The molecule has 3 aromatic rings. The number of aromatic nitrogens is 2. The van der Waals surface area contributed by atoms with E-state index in [1.54, 1.807) is 24.3 Å². The van der Waals surface area contributed by atoms with Gasteiger partial charge in [0.2, 0.25) is 11.0 Å². The van der Waals surface area contributed by atoms with Crippen LogP contribution in [0.25, 0.3) is 0 Å². The van der Waals surface area contributed by atoms with E-state index < -0.39 is 0 Å². The highest BCUT2D eigenvalue weighted by Crippen LogP contribution is 2.31. The summed E-state index contributed by atoms with van der Waals surface area (Å²) in [4.78, 5) is 24.0. The number of nitrogens with zero attached hydrogens (tertiary/aromatic N) is 2. The molecule has 0 aliphatic carbocycles. The number of aryl methyl sites for hydroxylation is 2. The van der Waals surface area contributed by atoms with Crippen molar-refractivity contribution in [2.45, 2.75) is 31.0 Å². The van der Waals surface area contributed by atoms with Crippen LogP contribution < -0.4 is 16.2 Å². The van der Waals surface area contributed by atoms with Crippen LogP contribution in [0.4, 0.5) is 10.8 Å². The number of hydrogen-bond donors (Lipinski definition) is 3. The third-order valence-corrected chi connectivity index (χ3v) is 6.29. The summed E-state index contributed by atoms with van der Waals surface area (Å²) in [6.45, 7) is 4.24. The first-order valence-electron chi connectivity index (χ1n) is 9.59. The zero-order valence-electron chi connectivity index (χ0n) is 16.8. The van der Waals surface area contributed by atoms with Crippen molar-refractivity contribution in [3.05, 3.63) is 65.2 Å². The van der Waals surface area contributed by atoms with Crippen molar-refractivity contribution >= 4 is 45.7 Å². The number of hydrogen-bond acceptors (Lipinski definition) is 7. The molecule has 0 bridgehead atoms. The number of nitrogens with one attached hydrogen (secondary N) is 3. The maximum Gasteiger partial charge on any atom is 0.269 e. The van der Waals surface area contributed by atoms with Crippen molar-refractivity contribution in [1.82, 2.24) is 21.0 Å². The lowest BCUT2D eigenvalue weighted by Crippen LogP contribution is -2.42. The Labute approximate surface area is 183 Å². The van der Waals surface area contributed by atoms with Crippen LogP contribution >= 0.6 is 23.1 Å². The van der Waals surface area contributed by atoms with Gasteiger partial charge in [0, 0.05) is 11.3 Å². The minimum absolute atomic E-state index is 0.120. The van der Waals surface area contributed by atoms with Crippen molar-refractivity contribution in [2.75, 3.05) is 11.1 Å². The molecular weight excluding hydrogens is 418 g/mol. The molecule has 0 spiro atoms. The summed E-state index contributed by atoms with van der Waals surface area (Å²) in [5, 5.41) is 12.4. The molecule has 2 aromatic carbocycles. The second-order valence-electron chi connectivity index (χ2n) is 6.31.